The van der Waals surface area contributed by atoms with Crippen LogP contribution in [0.3, 0.4) is 0 Å². The van der Waals surface area contributed by atoms with Gasteiger partial charge >= 0.3 is 6.85 Å². The lowest BCUT2D eigenvalue weighted by molar-refractivity contribution is 0.332. The Hall–Kier alpha value is -5.78. The Morgan fingerprint density at radius 2 is 1.30 bits per heavy atom. The third-order valence-corrected chi connectivity index (χ3v) is 15.6. The van der Waals surface area contributed by atoms with E-state index in [-0.39, 0.29) is 23.1 Å². The highest BCUT2D eigenvalue weighted by Gasteiger charge is 2.49. The molecule has 60 heavy (non-hydrogen) atoms. The van der Waals surface area contributed by atoms with E-state index in [1.807, 2.05) is 11.3 Å². The van der Waals surface area contributed by atoms with E-state index in [0.717, 1.165) is 16.6 Å². The van der Waals surface area contributed by atoms with Crippen LogP contribution in [0.5, 0.6) is 0 Å². The molecule has 7 aromatic carbocycles. The Kier molecular flexibility index (Phi) is 7.32. The van der Waals surface area contributed by atoms with Crippen LogP contribution in [0.1, 0.15) is 83.6 Å². The van der Waals surface area contributed by atoms with Crippen molar-refractivity contribution in [3.05, 3.63) is 150 Å². The first kappa shape index (κ1) is 36.1. The van der Waals surface area contributed by atoms with Crippen LogP contribution in [0.15, 0.2) is 132 Å². The highest BCUT2D eigenvalue weighted by Crippen LogP contribution is 2.56. The fraction of sp³-hybridized carbons (Fsp3) is 0.236. The van der Waals surface area contributed by atoms with Gasteiger partial charge in [0.25, 0.3) is 0 Å². The molecule has 5 heteroatoms. The lowest BCUT2D eigenvalue weighted by Crippen LogP contribution is -2.60. The fourth-order valence-corrected chi connectivity index (χ4v) is 12.3. The lowest BCUT2D eigenvalue weighted by atomic mass is 9.46. The van der Waals surface area contributed by atoms with Gasteiger partial charge in [-0.15, -0.1) is 11.3 Å². The van der Waals surface area contributed by atoms with Gasteiger partial charge in [0.05, 0.1) is 5.69 Å². The topological polar surface area (TPSA) is 19.6 Å². The second kappa shape index (κ2) is 12.2. The molecule has 2 aromatic heterocycles. The molecule has 4 heterocycles. The van der Waals surface area contributed by atoms with E-state index in [2.05, 4.69) is 192 Å². The predicted molar refractivity (Wildman–Crippen MR) is 259 cm³/mol. The first-order valence-electron chi connectivity index (χ1n) is 21.7. The minimum absolute atomic E-state index is 0.0411. The summed E-state index contributed by atoms with van der Waals surface area (Å²) < 4.78 is 9.39. The summed E-state index contributed by atoms with van der Waals surface area (Å²) in [6.45, 7) is 19.0. The number of aryl methyl sites for hydroxylation is 1. The summed E-state index contributed by atoms with van der Waals surface area (Å²) in [4.78, 5) is 5.35. The zero-order valence-corrected chi connectivity index (χ0v) is 36.6. The van der Waals surface area contributed by atoms with Crippen molar-refractivity contribution < 1.29 is 4.42 Å². The number of hydrogen-bond acceptors (Lipinski definition) is 4. The van der Waals surface area contributed by atoms with Crippen LogP contribution in [0.25, 0.3) is 53.9 Å². The van der Waals surface area contributed by atoms with Gasteiger partial charge in [0.2, 0.25) is 0 Å². The number of fused-ring (bicyclic) bond motifs is 13. The molecule has 3 aliphatic rings. The van der Waals surface area contributed by atoms with Crippen LogP contribution < -0.4 is 20.0 Å². The monoisotopic (exact) mass is 796 g/mol. The fourth-order valence-electron chi connectivity index (χ4n) is 11.1. The molecule has 2 aliphatic heterocycles. The first-order chi connectivity index (χ1) is 28.8. The molecule has 0 bridgehead atoms. The number of benzene rings is 7. The van der Waals surface area contributed by atoms with Gasteiger partial charge in [-0.3, -0.25) is 0 Å². The molecule has 0 unspecified atom stereocenters. The number of nitrogens with zero attached hydrogens (tertiary/aromatic N) is 2. The molecule has 1 aliphatic carbocycles. The summed E-state index contributed by atoms with van der Waals surface area (Å²) in [5.41, 5.74) is 17.9. The molecule has 0 saturated heterocycles. The van der Waals surface area contributed by atoms with Gasteiger partial charge in [-0.1, -0.05) is 127 Å². The van der Waals surface area contributed by atoms with E-state index >= 15 is 0 Å². The highest BCUT2D eigenvalue weighted by atomic mass is 32.1. The molecule has 294 valence electrons. The third-order valence-electron chi connectivity index (χ3n) is 14.4. The Bertz CT molecular complexity index is 3290. The Labute approximate surface area is 357 Å². The van der Waals surface area contributed by atoms with Crippen molar-refractivity contribution >= 4 is 99.7 Å². The summed E-state index contributed by atoms with van der Waals surface area (Å²) in [5, 5.41) is 6.16. The molecule has 12 rings (SSSR count). The Morgan fingerprint density at radius 1 is 0.633 bits per heavy atom. The minimum Gasteiger partial charge on any atom is -0.456 e. The first-order valence-corrected chi connectivity index (χ1v) is 22.5. The summed E-state index contributed by atoms with van der Waals surface area (Å²) in [5.74, 6) is 0. The SMILES string of the molecule is Cc1cc2c(cc1N1c3cc4ccccc4c4c3B(c3sc5ccccc5c31)N(c1ccc(C(C)(C)C)cc1)c1ccc3oc5ccccc5c3c1-4)C(C)(C)CCC2(C)C. The van der Waals surface area contributed by atoms with Gasteiger partial charge < -0.3 is 14.1 Å². The van der Waals surface area contributed by atoms with Crippen LogP contribution in [0.2, 0.25) is 0 Å². The quantitative estimate of drug-likeness (QED) is 0.163. The number of thiophene rings is 1. The molecular formula is C55H49BN2OS. The predicted octanol–water partition coefficient (Wildman–Crippen LogP) is 14.6. The zero-order chi connectivity index (χ0) is 41.0. The van der Waals surface area contributed by atoms with Crippen molar-refractivity contribution in [1.82, 2.24) is 0 Å². The van der Waals surface area contributed by atoms with Crippen LogP contribution in [0, 0.1) is 6.92 Å². The average Bonchev–Trinajstić information content (AvgIpc) is 3.81. The second-order valence-electron chi connectivity index (χ2n) is 20.0. The largest absolute Gasteiger partial charge is 0.456 e. The van der Waals surface area contributed by atoms with E-state index in [0.29, 0.717) is 0 Å². The smallest absolute Gasteiger partial charge is 0.343 e. The molecule has 0 spiro atoms. The molecule has 0 saturated carbocycles. The number of hydrogen-bond donors (Lipinski definition) is 0. The highest BCUT2D eigenvalue weighted by molar-refractivity contribution is 7.32. The second-order valence-corrected chi connectivity index (χ2v) is 21.1. The van der Waals surface area contributed by atoms with Gasteiger partial charge in [0.1, 0.15) is 11.2 Å². The number of para-hydroxylation sites is 1. The summed E-state index contributed by atoms with van der Waals surface area (Å²) >= 11 is 1.96. The number of furan rings is 1. The van der Waals surface area contributed by atoms with Crippen molar-refractivity contribution in [3.63, 3.8) is 0 Å². The van der Waals surface area contributed by atoms with Gasteiger partial charge in [-0.25, -0.2) is 0 Å². The third kappa shape index (κ3) is 4.90. The van der Waals surface area contributed by atoms with Crippen molar-refractivity contribution in [2.24, 2.45) is 0 Å². The van der Waals surface area contributed by atoms with Gasteiger partial charge in [-0.05, 0) is 129 Å². The molecule has 0 N–H and O–H groups in total. The van der Waals surface area contributed by atoms with Crippen LogP contribution in [0.4, 0.5) is 28.4 Å². The van der Waals surface area contributed by atoms with E-state index in [1.54, 1.807) is 0 Å². The van der Waals surface area contributed by atoms with Gasteiger partial charge in [0, 0.05) is 53.9 Å². The summed E-state index contributed by atoms with van der Waals surface area (Å²) in [6.07, 6.45) is 2.36. The van der Waals surface area contributed by atoms with Crippen molar-refractivity contribution in [1.29, 1.82) is 0 Å². The average molecular weight is 797 g/mol. The van der Waals surface area contributed by atoms with Crippen molar-refractivity contribution in [2.45, 2.75) is 84.5 Å². The van der Waals surface area contributed by atoms with Crippen LogP contribution in [-0.4, -0.2) is 6.85 Å². The summed E-state index contributed by atoms with van der Waals surface area (Å²) in [7, 11) is 0. The minimum atomic E-state index is -0.0693. The number of rotatable bonds is 2. The molecular weight excluding hydrogens is 747 g/mol. The molecule has 0 amide bonds. The lowest BCUT2D eigenvalue weighted by Gasteiger charge is -2.46. The molecule has 0 atom stereocenters. The van der Waals surface area contributed by atoms with Gasteiger partial charge in [0.15, 0.2) is 0 Å². The van der Waals surface area contributed by atoms with Crippen LogP contribution in [-0.2, 0) is 16.2 Å². The standard InChI is InChI=1S/C55H49BN2OS/c1-32-29-39-40(55(7,8)28-27-54(39,5)6)31-42(32)57-43-30-33-15-9-10-16-36(33)48-49-41(25-26-45-47(49)37-17-11-13-19-44(37)59-45)58(35-23-21-34(22-24-35)53(2,3)4)56(50(43)48)52-51(57)38-18-12-14-20-46(38)60-52/h9-26,29-31H,27-28H2,1-8H3. The zero-order valence-electron chi connectivity index (χ0n) is 35.8. The Morgan fingerprint density at radius 3 is 2.05 bits per heavy atom. The van der Waals surface area contributed by atoms with E-state index in [9.17, 15) is 0 Å². The maximum absolute atomic E-state index is 6.70. The van der Waals surface area contributed by atoms with E-state index < -0.39 is 0 Å². The van der Waals surface area contributed by atoms with Crippen LogP contribution >= 0.6 is 11.3 Å². The van der Waals surface area contributed by atoms with E-state index in [1.165, 1.54) is 111 Å². The maximum Gasteiger partial charge on any atom is 0.343 e. The molecule has 3 nitrogen and oxygen atoms in total. The van der Waals surface area contributed by atoms with Gasteiger partial charge in [-0.2, -0.15) is 0 Å². The normalized spacial score (nSPS) is 16.4. The number of anilines is 5. The summed E-state index contributed by atoms with van der Waals surface area (Å²) in [6, 6.07) is 48.4. The maximum atomic E-state index is 6.70. The molecule has 0 fully saturated rings. The van der Waals surface area contributed by atoms with Crippen molar-refractivity contribution in [2.75, 3.05) is 9.71 Å². The Balaban J connectivity index is 1.26. The molecule has 0 radical (unpaired) electrons. The van der Waals surface area contributed by atoms with E-state index in [4.69, 9.17) is 4.42 Å². The van der Waals surface area contributed by atoms with Crippen molar-refractivity contribution in [3.8, 4) is 11.1 Å². The molecule has 9 aromatic rings.